The van der Waals surface area contributed by atoms with Crippen molar-refractivity contribution < 1.29 is 5.11 Å². The van der Waals surface area contributed by atoms with Crippen LogP contribution in [0.25, 0.3) is 0 Å². The molecule has 2 rings (SSSR count). The molecular formula is C15H20ClN3O. The number of likely N-dealkylation sites (N-methyl/N-ethyl adjacent to an activating group) is 1. The van der Waals surface area contributed by atoms with Crippen molar-refractivity contribution in [3.63, 3.8) is 0 Å². The molecule has 2 unspecified atom stereocenters. The Hall–Kier alpha value is -1.28. The van der Waals surface area contributed by atoms with Crippen molar-refractivity contribution in [2.75, 3.05) is 26.2 Å². The van der Waals surface area contributed by atoms with E-state index in [0.717, 1.165) is 31.7 Å². The van der Waals surface area contributed by atoms with Crippen molar-refractivity contribution in [1.29, 1.82) is 5.26 Å². The first kappa shape index (κ1) is 15.1. The Morgan fingerprint density at radius 2 is 2.25 bits per heavy atom. The molecule has 1 fully saturated rings. The van der Waals surface area contributed by atoms with Crippen molar-refractivity contribution in [3.05, 3.63) is 28.8 Å². The maximum Gasteiger partial charge on any atom is 0.134 e. The summed E-state index contributed by atoms with van der Waals surface area (Å²) in [5.41, 5.74) is 0.840. The van der Waals surface area contributed by atoms with Crippen LogP contribution < -0.4 is 0 Å². The van der Waals surface area contributed by atoms with Crippen molar-refractivity contribution >= 4 is 11.6 Å². The maximum absolute atomic E-state index is 9.52. The summed E-state index contributed by atoms with van der Waals surface area (Å²) in [6.07, 6.45) is 0. The largest absolute Gasteiger partial charge is 0.506 e. The second-order valence-corrected chi connectivity index (χ2v) is 5.63. The quantitative estimate of drug-likeness (QED) is 0.931. The molecule has 0 amide bonds. The highest BCUT2D eigenvalue weighted by atomic mass is 35.5. The normalized spacial score (nSPS) is 22.4. The van der Waals surface area contributed by atoms with E-state index in [9.17, 15) is 10.4 Å². The standard InChI is InChI=1S/C15H20ClN3O/c1-3-18-6-7-19(11(2)10-18)14(9-17)12-4-5-15(20)13(16)8-12/h4-5,8,11,14,20H,3,6-7,10H2,1-2H3. The molecular weight excluding hydrogens is 274 g/mol. The number of benzene rings is 1. The molecule has 4 nitrogen and oxygen atoms in total. The van der Waals surface area contributed by atoms with E-state index in [-0.39, 0.29) is 11.8 Å². The molecule has 0 aromatic heterocycles. The molecule has 5 heteroatoms. The summed E-state index contributed by atoms with van der Waals surface area (Å²) in [5.74, 6) is 0.0518. The number of phenols is 1. The van der Waals surface area contributed by atoms with Gasteiger partial charge in [-0.15, -0.1) is 0 Å². The lowest BCUT2D eigenvalue weighted by Gasteiger charge is -2.41. The Bertz CT molecular complexity index is 514. The number of piperazine rings is 1. The highest BCUT2D eigenvalue weighted by Gasteiger charge is 2.30. The third kappa shape index (κ3) is 3.06. The summed E-state index contributed by atoms with van der Waals surface area (Å²) in [7, 11) is 0. The number of nitrogens with zero attached hydrogens (tertiary/aromatic N) is 3. The number of phenolic OH excluding ortho intramolecular Hbond substituents is 1. The minimum absolute atomic E-state index is 0.0518. The predicted octanol–water partition coefficient (Wildman–Crippen LogP) is 2.64. The summed E-state index contributed by atoms with van der Waals surface area (Å²) < 4.78 is 0. The number of rotatable bonds is 3. The Labute approximate surface area is 125 Å². The highest BCUT2D eigenvalue weighted by molar-refractivity contribution is 6.32. The topological polar surface area (TPSA) is 50.5 Å². The third-order valence-electron chi connectivity index (χ3n) is 3.95. The fourth-order valence-electron chi connectivity index (χ4n) is 2.75. The van der Waals surface area contributed by atoms with Gasteiger partial charge in [0.25, 0.3) is 0 Å². The molecule has 0 bridgehead atoms. The third-order valence-corrected chi connectivity index (χ3v) is 4.25. The van der Waals surface area contributed by atoms with E-state index >= 15 is 0 Å². The van der Waals surface area contributed by atoms with Crippen molar-refractivity contribution in [1.82, 2.24) is 9.80 Å². The van der Waals surface area contributed by atoms with Gasteiger partial charge in [-0.25, -0.2) is 0 Å². The molecule has 20 heavy (non-hydrogen) atoms. The first-order valence-electron chi connectivity index (χ1n) is 6.93. The molecule has 1 saturated heterocycles. The lowest BCUT2D eigenvalue weighted by Crippen LogP contribution is -2.52. The van der Waals surface area contributed by atoms with Crippen LogP contribution in [0.15, 0.2) is 18.2 Å². The molecule has 0 saturated carbocycles. The smallest absolute Gasteiger partial charge is 0.134 e. The van der Waals surface area contributed by atoms with Crippen molar-refractivity contribution in [3.8, 4) is 11.8 Å². The molecule has 1 heterocycles. The Morgan fingerprint density at radius 1 is 1.50 bits per heavy atom. The van der Waals surface area contributed by atoms with E-state index in [1.165, 1.54) is 0 Å². The van der Waals surface area contributed by atoms with Crippen LogP contribution in [0.2, 0.25) is 5.02 Å². The van der Waals surface area contributed by atoms with Crippen LogP contribution in [0.1, 0.15) is 25.5 Å². The fourth-order valence-corrected chi connectivity index (χ4v) is 2.94. The first-order valence-corrected chi connectivity index (χ1v) is 7.30. The zero-order chi connectivity index (χ0) is 14.7. The van der Waals surface area contributed by atoms with Gasteiger partial charge in [0, 0.05) is 25.7 Å². The van der Waals surface area contributed by atoms with Crippen LogP contribution in [-0.2, 0) is 0 Å². The van der Waals surface area contributed by atoms with Crippen molar-refractivity contribution in [2.24, 2.45) is 0 Å². The molecule has 0 spiro atoms. The van der Waals surface area contributed by atoms with Gasteiger partial charge in [-0.3, -0.25) is 4.90 Å². The molecule has 2 atom stereocenters. The van der Waals surface area contributed by atoms with E-state index in [0.29, 0.717) is 11.1 Å². The van der Waals surface area contributed by atoms with Gasteiger partial charge < -0.3 is 10.0 Å². The second-order valence-electron chi connectivity index (χ2n) is 5.22. The van der Waals surface area contributed by atoms with Crippen LogP contribution >= 0.6 is 11.6 Å². The van der Waals surface area contributed by atoms with Crippen LogP contribution in [0.5, 0.6) is 5.75 Å². The van der Waals surface area contributed by atoms with Crippen LogP contribution in [0, 0.1) is 11.3 Å². The van der Waals surface area contributed by atoms with E-state index in [1.807, 2.05) is 0 Å². The monoisotopic (exact) mass is 293 g/mol. The molecule has 1 aliphatic rings. The van der Waals surface area contributed by atoms with E-state index in [2.05, 4.69) is 29.7 Å². The molecule has 1 N–H and O–H groups in total. The molecule has 0 aliphatic carbocycles. The van der Waals surface area contributed by atoms with Crippen LogP contribution in [0.4, 0.5) is 0 Å². The summed E-state index contributed by atoms with van der Waals surface area (Å²) in [6.45, 7) is 8.16. The Morgan fingerprint density at radius 3 is 2.80 bits per heavy atom. The van der Waals surface area contributed by atoms with E-state index in [1.54, 1.807) is 18.2 Å². The lowest BCUT2D eigenvalue weighted by molar-refractivity contribution is 0.0683. The van der Waals surface area contributed by atoms with E-state index in [4.69, 9.17) is 11.6 Å². The number of nitriles is 1. The summed E-state index contributed by atoms with van der Waals surface area (Å²) in [6, 6.07) is 7.37. The predicted molar refractivity (Wildman–Crippen MR) is 79.8 cm³/mol. The average Bonchev–Trinajstić information content (AvgIpc) is 2.45. The average molecular weight is 294 g/mol. The summed E-state index contributed by atoms with van der Waals surface area (Å²) in [5, 5.41) is 19.3. The van der Waals surface area contributed by atoms with E-state index < -0.39 is 0 Å². The van der Waals surface area contributed by atoms with Gasteiger partial charge in [0.2, 0.25) is 0 Å². The SMILES string of the molecule is CCN1CCN(C(C#N)c2ccc(O)c(Cl)c2)C(C)C1. The number of hydrogen-bond acceptors (Lipinski definition) is 4. The van der Waals surface area contributed by atoms with Gasteiger partial charge >= 0.3 is 0 Å². The van der Waals surface area contributed by atoms with Gasteiger partial charge in [0.15, 0.2) is 0 Å². The maximum atomic E-state index is 9.52. The van der Waals surface area contributed by atoms with Gasteiger partial charge in [0.05, 0.1) is 11.1 Å². The summed E-state index contributed by atoms with van der Waals surface area (Å²) >= 11 is 5.95. The highest BCUT2D eigenvalue weighted by Crippen LogP contribution is 2.30. The zero-order valence-electron chi connectivity index (χ0n) is 11.9. The zero-order valence-corrected chi connectivity index (χ0v) is 12.6. The minimum atomic E-state index is -0.317. The summed E-state index contributed by atoms with van der Waals surface area (Å²) in [4.78, 5) is 4.59. The van der Waals surface area contributed by atoms with Crippen LogP contribution in [0.3, 0.4) is 0 Å². The molecule has 0 radical (unpaired) electrons. The lowest BCUT2D eigenvalue weighted by atomic mass is 10.0. The van der Waals surface area contributed by atoms with Gasteiger partial charge in [-0.1, -0.05) is 24.6 Å². The fraction of sp³-hybridized carbons (Fsp3) is 0.533. The Balaban J connectivity index is 2.20. The van der Waals surface area contributed by atoms with Gasteiger partial charge in [0.1, 0.15) is 11.8 Å². The molecule has 1 aromatic rings. The minimum Gasteiger partial charge on any atom is -0.506 e. The number of halogens is 1. The molecule has 108 valence electrons. The van der Waals surface area contributed by atoms with Gasteiger partial charge in [-0.05, 0) is 31.2 Å². The number of aromatic hydroxyl groups is 1. The van der Waals surface area contributed by atoms with Gasteiger partial charge in [-0.2, -0.15) is 5.26 Å². The van der Waals surface area contributed by atoms with Crippen molar-refractivity contribution in [2.45, 2.75) is 25.9 Å². The Kier molecular flexibility index (Phi) is 4.87. The number of hydrogen-bond donors (Lipinski definition) is 1. The molecule has 1 aromatic carbocycles. The second kappa shape index (κ2) is 6.45. The van der Waals surface area contributed by atoms with Crippen LogP contribution in [-0.4, -0.2) is 47.1 Å². The first-order chi connectivity index (χ1) is 9.56. The molecule has 1 aliphatic heterocycles.